The lowest BCUT2D eigenvalue weighted by Crippen LogP contribution is -2.44. The highest BCUT2D eigenvalue weighted by Crippen LogP contribution is 2.27. The first-order valence-electron chi connectivity index (χ1n) is 9.19. The summed E-state index contributed by atoms with van der Waals surface area (Å²) in [6, 6.07) is 7.40. The summed E-state index contributed by atoms with van der Waals surface area (Å²) in [5.41, 5.74) is 2.60. The van der Waals surface area contributed by atoms with E-state index in [9.17, 15) is 27.6 Å². The van der Waals surface area contributed by atoms with Gasteiger partial charge in [0.05, 0.1) is 22.3 Å². The molecule has 3 rings (SSSR count). The van der Waals surface area contributed by atoms with E-state index < -0.39 is 37.2 Å². The number of urea groups is 1. The lowest BCUT2D eigenvalue weighted by molar-refractivity contribution is -0.125. The summed E-state index contributed by atoms with van der Waals surface area (Å²) in [6.45, 7) is 0.993. The molecule has 32 heavy (non-hydrogen) atoms. The molecule has 0 aliphatic carbocycles. The fraction of sp³-hybridized carbons (Fsp3) is 0.250. The van der Waals surface area contributed by atoms with Crippen molar-refractivity contribution < 1.29 is 36.8 Å². The predicted octanol–water partition coefficient (Wildman–Crippen LogP) is 3.05. The van der Waals surface area contributed by atoms with Crippen molar-refractivity contribution in [1.82, 2.24) is 20.8 Å². The molecule has 0 aliphatic heterocycles. The zero-order valence-corrected chi connectivity index (χ0v) is 16.9. The molecule has 3 amide bonds. The van der Waals surface area contributed by atoms with Crippen molar-refractivity contribution in [3.05, 3.63) is 47.2 Å². The second kappa shape index (κ2) is 9.04. The van der Waals surface area contributed by atoms with E-state index in [1.165, 1.54) is 11.4 Å². The Balaban J connectivity index is 1.74. The van der Waals surface area contributed by atoms with Gasteiger partial charge in [-0.2, -0.15) is 13.2 Å². The molecule has 0 atom stereocenters. The first-order valence-corrected chi connectivity index (χ1v) is 9.19. The summed E-state index contributed by atoms with van der Waals surface area (Å²) < 4.78 is 46.4. The van der Waals surface area contributed by atoms with Crippen LogP contribution >= 0.6 is 0 Å². The number of hydrogen-bond donors (Lipinski definition) is 2. The average Bonchev–Trinajstić information content (AvgIpc) is 3.11. The van der Waals surface area contributed by atoms with Gasteiger partial charge in [0.2, 0.25) is 0 Å². The van der Waals surface area contributed by atoms with Crippen LogP contribution in [0, 0.1) is 13.8 Å². The smallest absolute Gasteiger partial charge is 0.405 e. The van der Waals surface area contributed by atoms with E-state index in [1.54, 1.807) is 24.4 Å². The van der Waals surface area contributed by atoms with Crippen LogP contribution in [-0.4, -0.2) is 47.4 Å². The number of rotatable bonds is 5. The maximum absolute atomic E-state index is 12.6. The van der Waals surface area contributed by atoms with Gasteiger partial charge in [-0.25, -0.2) is 14.6 Å². The van der Waals surface area contributed by atoms with Gasteiger partial charge in [0.15, 0.2) is 6.61 Å². The Morgan fingerprint density at radius 3 is 2.47 bits per heavy atom. The van der Waals surface area contributed by atoms with Gasteiger partial charge in [0, 0.05) is 5.56 Å². The van der Waals surface area contributed by atoms with Gasteiger partial charge in [-0.1, -0.05) is 35.0 Å². The standard InChI is InChI=1S/C20H17F3N4O5/c1-10-3-5-12(6-4-10)14-7-13(16-11(2)27-32-17(16)25-14)18(29)31-8-15(28)26-19(30)24-9-20(21,22)23/h3-7H,8-9H2,1-2H3,(H2,24,26,28,30). The number of aromatic nitrogens is 2. The van der Waals surface area contributed by atoms with Gasteiger partial charge < -0.3 is 14.6 Å². The molecular formula is C20H17F3N4O5. The fourth-order valence-electron chi connectivity index (χ4n) is 2.72. The summed E-state index contributed by atoms with van der Waals surface area (Å²) in [5.74, 6) is -2.04. The van der Waals surface area contributed by atoms with Crippen LogP contribution in [-0.2, 0) is 9.53 Å². The molecule has 2 heterocycles. The number of pyridine rings is 1. The van der Waals surface area contributed by atoms with Crippen molar-refractivity contribution in [2.24, 2.45) is 0 Å². The molecule has 1 aromatic carbocycles. The van der Waals surface area contributed by atoms with Crippen molar-refractivity contribution >= 4 is 29.0 Å². The number of halogens is 3. The zero-order valence-electron chi connectivity index (χ0n) is 16.9. The van der Waals surface area contributed by atoms with Gasteiger partial charge >= 0.3 is 18.2 Å². The first kappa shape index (κ1) is 22.7. The lowest BCUT2D eigenvalue weighted by atomic mass is 10.0. The monoisotopic (exact) mass is 450 g/mol. The van der Waals surface area contributed by atoms with Gasteiger partial charge in [0.1, 0.15) is 6.54 Å². The number of nitrogens with zero attached hydrogens (tertiary/aromatic N) is 2. The Morgan fingerprint density at radius 1 is 1.12 bits per heavy atom. The third kappa shape index (κ3) is 5.59. The topological polar surface area (TPSA) is 123 Å². The van der Waals surface area contributed by atoms with Crippen molar-refractivity contribution in [2.75, 3.05) is 13.2 Å². The van der Waals surface area contributed by atoms with Crippen molar-refractivity contribution in [3.8, 4) is 11.3 Å². The Bertz CT molecular complexity index is 1170. The van der Waals surface area contributed by atoms with E-state index in [0.717, 1.165) is 5.56 Å². The number of amides is 3. The molecule has 2 N–H and O–H groups in total. The molecular weight excluding hydrogens is 433 g/mol. The number of ether oxygens (including phenoxy) is 1. The first-order chi connectivity index (χ1) is 15.0. The Kier molecular flexibility index (Phi) is 6.42. The molecule has 2 aromatic heterocycles. The number of alkyl halides is 3. The van der Waals surface area contributed by atoms with Gasteiger partial charge in [-0.15, -0.1) is 0 Å². The number of nitrogens with one attached hydrogen (secondary N) is 2. The van der Waals surface area contributed by atoms with E-state index in [1.807, 2.05) is 19.1 Å². The summed E-state index contributed by atoms with van der Waals surface area (Å²) in [4.78, 5) is 40.1. The van der Waals surface area contributed by atoms with Crippen LogP contribution in [0.5, 0.6) is 0 Å². The Hall–Kier alpha value is -3.96. The quantitative estimate of drug-likeness (QED) is 0.573. The highest BCUT2D eigenvalue weighted by molar-refractivity contribution is 6.05. The summed E-state index contributed by atoms with van der Waals surface area (Å²) in [6.07, 6.45) is -4.63. The molecule has 0 spiro atoms. The van der Waals surface area contributed by atoms with Crippen molar-refractivity contribution in [3.63, 3.8) is 0 Å². The molecule has 12 heteroatoms. The Labute approximate surface area is 178 Å². The second-order valence-electron chi connectivity index (χ2n) is 6.79. The van der Waals surface area contributed by atoms with Crippen LogP contribution in [0.2, 0.25) is 0 Å². The average molecular weight is 450 g/mol. The van der Waals surface area contributed by atoms with E-state index in [2.05, 4.69) is 10.1 Å². The number of imide groups is 1. The SMILES string of the molecule is Cc1ccc(-c2cc(C(=O)OCC(=O)NC(=O)NCC(F)(F)F)c3c(C)noc3n2)cc1. The second-order valence-corrected chi connectivity index (χ2v) is 6.79. The molecule has 0 saturated carbocycles. The maximum Gasteiger partial charge on any atom is 0.405 e. The van der Waals surface area contributed by atoms with Gasteiger partial charge in [-0.05, 0) is 19.9 Å². The molecule has 0 radical (unpaired) electrons. The van der Waals surface area contributed by atoms with Crippen LogP contribution in [0.25, 0.3) is 22.4 Å². The minimum Gasteiger partial charge on any atom is -0.452 e. The number of esters is 1. The predicted molar refractivity (Wildman–Crippen MR) is 105 cm³/mol. The zero-order chi connectivity index (χ0) is 23.5. The number of hydrogen-bond acceptors (Lipinski definition) is 7. The molecule has 0 bridgehead atoms. The summed E-state index contributed by atoms with van der Waals surface area (Å²) in [7, 11) is 0. The highest BCUT2D eigenvalue weighted by atomic mass is 19.4. The summed E-state index contributed by atoms with van der Waals surface area (Å²) in [5, 5.41) is 7.18. The lowest BCUT2D eigenvalue weighted by Gasteiger charge is -2.10. The Morgan fingerprint density at radius 2 is 1.81 bits per heavy atom. The molecule has 0 saturated heterocycles. The van der Waals surface area contributed by atoms with Crippen LogP contribution < -0.4 is 10.6 Å². The van der Waals surface area contributed by atoms with Crippen molar-refractivity contribution in [1.29, 1.82) is 0 Å². The normalized spacial score (nSPS) is 11.3. The van der Waals surface area contributed by atoms with Crippen LogP contribution in [0.15, 0.2) is 34.9 Å². The molecule has 0 fully saturated rings. The minimum absolute atomic E-state index is 0.0265. The molecule has 3 aromatic rings. The van der Waals surface area contributed by atoms with Crippen molar-refractivity contribution in [2.45, 2.75) is 20.0 Å². The third-order valence-corrected chi connectivity index (χ3v) is 4.22. The maximum atomic E-state index is 12.6. The van der Waals surface area contributed by atoms with E-state index in [-0.39, 0.29) is 16.7 Å². The molecule has 9 nitrogen and oxygen atoms in total. The van der Waals surface area contributed by atoms with Crippen LogP contribution in [0.1, 0.15) is 21.6 Å². The minimum atomic E-state index is -4.63. The third-order valence-electron chi connectivity index (χ3n) is 4.22. The summed E-state index contributed by atoms with van der Waals surface area (Å²) >= 11 is 0. The number of benzene rings is 1. The van der Waals surface area contributed by atoms with Gasteiger partial charge in [0.25, 0.3) is 11.6 Å². The van der Waals surface area contributed by atoms with Crippen LogP contribution in [0.4, 0.5) is 18.0 Å². The molecule has 0 aliphatic rings. The molecule has 168 valence electrons. The number of carbonyl (C=O) groups is 3. The largest absolute Gasteiger partial charge is 0.452 e. The van der Waals surface area contributed by atoms with Gasteiger partial charge in [-0.3, -0.25) is 10.1 Å². The number of carbonyl (C=O) groups excluding carboxylic acids is 3. The van der Waals surface area contributed by atoms with Crippen LogP contribution in [0.3, 0.4) is 0 Å². The van der Waals surface area contributed by atoms with E-state index >= 15 is 0 Å². The fourth-order valence-corrected chi connectivity index (χ4v) is 2.72. The van der Waals surface area contributed by atoms with E-state index in [0.29, 0.717) is 17.0 Å². The highest BCUT2D eigenvalue weighted by Gasteiger charge is 2.28. The number of aryl methyl sites for hydroxylation is 2. The number of fused-ring (bicyclic) bond motifs is 1. The van der Waals surface area contributed by atoms with E-state index in [4.69, 9.17) is 9.26 Å². The molecule has 0 unspecified atom stereocenters.